The molecule has 1 amide bonds. The number of aromatic nitrogens is 1. The molecule has 0 aliphatic carbocycles. The molecule has 0 atom stereocenters. The largest absolute Gasteiger partial charge is 0.321 e. The molecule has 1 aromatic carbocycles. The first-order chi connectivity index (χ1) is 9.19. The van der Waals surface area contributed by atoms with Gasteiger partial charge in [-0.25, -0.2) is 0 Å². The quantitative estimate of drug-likeness (QED) is 0.843. The summed E-state index contributed by atoms with van der Waals surface area (Å²) in [5, 5.41) is 2.71. The number of anilines is 1. The molecule has 0 spiro atoms. The molecule has 19 heavy (non-hydrogen) atoms. The summed E-state index contributed by atoms with van der Waals surface area (Å²) in [6, 6.07) is 11.9. The third-order valence-corrected chi connectivity index (χ3v) is 2.80. The maximum absolute atomic E-state index is 11.9. The first-order valence-electron chi connectivity index (χ1n) is 5.84. The second-order valence-electron chi connectivity index (χ2n) is 4.02. The highest BCUT2D eigenvalue weighted by atomic mass is 35.5. The zero-order valence-corrected chi connectivity index (χ0v) is 10.9. The van der Waals surface area contributed by atoms with Crippen LogP contribution >= 0.6 is 11.6 Å². The number of pyridine rings is 1. The molecule has 0 saturated carbocycles. The van der Waals surface area contributed by atoms with Crippen LogP contribution in [0.1, 0.15) is 16.1 Å². The maximum Gasteiger partial charge on any atom is 0.272 e. The van der Waals surface area contributed by atoms with Crippen LogP contribution in [0.3, 0.4) is 0 Å². The highest BCUT2D eigenvalue weighted by Crippen LogP contribution is 2.11. The molecule has 2 aromatic rings. The number of nitrogens with one attached hydrogen (secondary N) is 2. The molecule has 0 bridgehead atoms. The topological polar surface area (TPSA) is 62.0 Å². The molecule has 0 fully saturated rings. The van der Waals surface area contributed by atoms with E-state index in [1.807, 2.05) is 12.1 Å². The summed E-state index contributed by atoms with van der Waals surface area (Å²) in [5.41, 5.74) is 1.72. The molecule has 0 radical (unpaired) electrons. The Balaban J connectivity index is 2.08. The van der Waals surface area contributed by atoms with Crippen LogP contribution < -0.4 is 10.9 Å². The van der Waals surface area contributed by atoms with E-state index in [1.54, 1.807) is 18.2 Å². The number of halogens is 1. The summed E-state index contributed by atoms with van der Waals surface area (Å²) in [5.74, 6) is 0.222. The predicted molar refractivity (Wildman–Crippen MR) is 75.9 cm³/mol. The minimum Gasteiger partial charge on any atom is -0.321 e. The van der Waals surface area contributed by atoms with Crippen LogP contribution in [-0.4, -0.2) is 16.8 Å². The number of hydrogen-bond donors (Lipinski definition) is 2. The molecule has 98 valence electrons. The van der Waals surface area contributed by atoms with E-state index in [9.17, 15) is 9.59 Å². The number of rotatable bonds is 4. The Labute approximate surface area is 115 Å². The van der Waals surface area contributed by atoms with Gasteiger partial charge in [-0.1, -0.05) is 18.2 Å². The Morgan fingerprint density at radius 2 is 1.89 bits per heavy atom. The molecule has 0 aliphatic heterocycles. The SMILES string of the molecule is O=C(Nc1ccc(CCCl)cc1)c1cccc(=O)[nH]1. The van der Waals surface area contributed by atoms with Crippen LogP contribution in [0.5, 0.6) is 0 Å². The van der Waals surface area contributed by atoms with E-state index >= 15 is 0 Å². The van der Waals surface area contributed by atoms with Crippen LogP contribution in [0.25, 0.3) is 0 Å². The lowest BCUT2D eigenvalue weighted by Gasteiger charge is -2.06. The van der Waals surface area contributed by atoms with E-state index in [-0.39, 0.29) is 17.2 Å². The van der Waals surface area contributed by atoms with Crippen molar-refractivity contribution in [2.24, 2.45) is 0 Å². The highest BCUT2D eigenvalue weighted by Gasteiger charge is 2.06. The average molecular weight is 277 g/mol. The fourth-order valence-corrected chi connectivity index (χ4v) is 1.86. The van der Waals surface area contributed by atoms with E-state index in [2.05, 4.69) is 10.3 Å². The zero-order chi connectivity index (χ0) is 13.7. The zero-order valence-electron chi connectivity index (χ0n) is 10.2. The molecule has 1 aromatic heterocycles. The Morgan fingerprint density at radius 3 is 2.53 bits per heavy atom. The number of H-pyrrole nitrogens is 1. The van der Waals surface area contributed by atoms with Gasteiger partial charge in [0.1, 0.15) is 5.69 Å². The minimum atomic E-state index is -0.345. The number of aromatic amines is 1. The van der Waals surface area contributed by atoms with Crippen molar-refractivity contribution in [1.29, 1.82) is 0 Å². The summed E-state index contributed by atoms with van der Waals surface area (Å²) in [4.78, 5) is 25.5. The summed E-state index contributed by atoms with van der Waals surface area (Å²) in [7, 11) is 0. The minimum absolute atomic E-state index is 0.234. The van der Waals surface area contributed by atoms with E-state index in [4.69, 9.17) is 11.6 Å². The lowest BCUT2D eigenvalue weighted by Crippen LogP contribution is -2.17. The van der Waals surface area contributed by atoms with Crippen molar-refractivity contribution in [2.75, 3.05) is 11.2 Å². The fourth-order valence-electron chi connectivity index (χ4n) is 1.64. The predicted octanol–water partition coefficient (Wildman–Crippen LogP) is 2.41. The van der Waals surface area contributed by atoms with Gasteiger partial charge in [0.05, 0.1) is 0 Å². The highest BCUT2D eigenvalue weighted by molar-refractivity contribution is 6.18. The van der Waals surface area contributed by atoms with Gasteiger partial charge in [-0.15, -0.1) is 11.6 Å². The molecule has 5 heteroatoms. The van der Waals surface area contributed by atoms with Gasteiger partial charge in [0, 0.05) is 17.6 Å². The molecule has 0 unspecified atom stereocenters. The monoisotopic (exact) mass is 276 g/mol. The van der Waals surface area contributed by atoms with E-state index in [1.165, 1.54) is 12.1 Å². The maximum atomic E-state index is 11.9. The number of alkyl halides is 1. The Bertz CT molecular complexity index is 620. The summed E-state index contributed by atoms with van der Waals surface area (Å²) < 4.78 is 0. The third kappa shape index (κ3) is 3.69. The molecule has 0 aliphatic rings. The van der Waals surface area contributed by atoms with Crippen molar-refractivity contribution in [3.05, 3.63) is 64.1 Å². The Hall–Kier alpha value is -2.07. The molecule has 2 N–H and O–H groups in total. The molecule has 4 nitrogen and oxygen atoms in total. The van der Waals surface area contributed by atoms with Gasteiger partial charge in [0.25, 0.3) is 5.91 Å². The van der Waals surface area contributed by atoms with E-state index in [0.29, 0.717) is 11.6 Å². The summed E-state index contributed by atoms with van der Waals surface area (Å²) >= 11 is 5.65. The lowest BCUT2D eigenvalue weighted by molar-refractivity contribution is 0.102. The van der Waals surface area contributed by atoms with Gasteiger partial charge >= 0.3 is 0 Å². The number of carbonyl (C=O) groups excluding carboxylic acids is 1. The number of hydrogen-bond acceptors (Lipinski definition) is 2. The lowest BCUT2D eigenvalue weighted by atomic mass is 10.1. The van der Waals surface area contributed by atoms with Crippen molar-refractivity contribution in [3.63, 3.8) is 0 Å². The van der Waals surface area contributed by atoms with Gasteiger partial charge < -0.3 is 10.3 Å². The van der Waals surface area contributed by atoms with Crippen molar-refractivity contribution in [3.8, 4) is 0 Å². The van der Waals surface area contributed by atoms with Gasteiger partial charge in [-0.2, -0.15) is 0 Å². The second kappa shape index (κ2) is 6.20. The summed E-state index contributed by atoms with van der Waals surface area (Å²) in [6.45, 7) is 0. The van der Waals surface area contributed by atoms with E-state index in [0.717, 1.165) is 12.0 Å². The second-order valence-corrected chi connectivity index (χ2v) is 4.40. The Morgan fingerprint density at radius 1 is 1.16 bits per heavy atom. The molecule has 1 heterocycles. The van der Waals surface area contributed by atoms with Crippen molar-refractivity contribution in [2.45, 2.75) is 6.42 Å². The van der Waals surface area contributed by atoms with E-state index < -0.39 is 0 Å². The molecule has 2 rings (SSSR count). The summed E-state index contributed by atoms with van der Waals surface area (Å²) in [6.07, 6.45) is 0.793. The van der Waals surface area contributed by atoms with Crippen molar-refractivity contribution < 1.29 is 4.79 Å². The number of amides is 1. The van der Waals surface area contributed by atoms with Crippen LogP contribution in [-0.2, 0) is 6.42 Å². The van der Waals surface area contributed by atoms with Gasteiger partial charge in [0.2, 0.25) is 5.56 Å². The van der Waals surface area contributed by atoms with Gasteiger partial charge in [-0.05, 0) is 30.2 Å². The number of aryl methyl sites for hydroxylation is 1. The van der Waals surface area contributed by atoms with Crippen LogP contribution in [0.15, 0.2) is 47.3 Å². The Kier molecular flexibility index (Phi) is 4.36. The first kappa shape index (κ1) is 13.4. The molecule has 0 saturated heterocycles. The van der Waals surface area contributed by atoms with Gasteiger partial charge in [-0.3, -0.25) is 9.59 Å². The number of benzene rings is 1. The third-order valence-electron chi connectivity index (χ3n) is 2.61. The standard InChI is InChI=1S/C14H13ClN2O2/c15-9-8-10-4-6-11(7-5-10)16-14(19)12-2-1-3-13(18)17-12/h1-7H,8-9H2,(H,16,19)(H,17,18). The smallest absolute Gasteiger partial charge is 0.272 e. The molecular weight excluding hydrogens is 264 g/mol. The fraction of sp³-hybridized carbons (Fsp3) is 0.143. The first-order valence-corrected chi connectivity index (χ1v) is 6.38. The average Bonchev–Trinajstić information content (AvgIpc) is 2.41. The van der Waals surface area contributed by atoms with Crippen LogP contribution in [0.4, 0.5) is 5.69 Å². The van der Waals surface area contributed by atoms with Crippen LogP contribution in [0.2, 0.25) is 0 Å². The number of carbonyl (C=O) groups is 1. The van der Waals surface area contributed by atoms with Crippen molar-refractivity contribution >= 4 is 23.2 Å². The van der Waals surface area contributed by atoms with Gasteiger partial charge in [0.15, 0.2) is 0 Å². The van der Waals surface area contributed by atoms with Crippen LogP contribution in [0, 0.1) is 0 Å². The van der Waals surface area contributed by atoms with Crippen molar-refractivity contribution in [1.82, 2.24) is 4.98 Å². The normalized spacial score (nSPS) is 10.2. The molecular formula is C14H13ClN2O2.